The van der Waals surface area contributed by atoms with Crippen molar-refractivity contribution in [1.82, 2.24) is 9.88 Å². The van der Waals surface area contributed by atoms with Crippen molar-refractivity contribution in [2.45, 2.75) is 19.4 Å². The Bertz CT molecular complexity index is 618. The van der Waals surface area contributed by atoms with E-state index in [4.69, 9.17) is 0 Å². The quantitative estimate of drug-likeness (QED) is 0.923. The van der Waals surface area contributed by atoms with Gasteiger partial charge in [0.1, 0.15) is 0 Å². The van der Waals surface area contributed by atoms with Crippen molar-refractivity contribution in [2.24, 2.45) is 0 Å². The molecule has 0 saturated heterocycles. The van der Waals surface area contributed by atoms with Gasteiger partial charge in [-0.2, -0.15) is 0 Å². The molecule has 0 spiro atoms. The fraction of sp³-hybridized carbons (Fsp3) is 0.267. The highest BCUT2D eigenvalue weighted by Gasteiger charge is 2.17. The van der Waals surface area contributed by atoms with Crippen LogP contribution in [-0.4, -0.2) is 17.0 Å². The van der Waals surface area contributed by atoms with Crippen LogP contribution in [0.4, 0.5) is 0 Å². The SMILES string of the molecule is O=C(Cc1cccc(Br)c1)n1ccc2c1CCNC2. The van der Waals surface area contributed by atoms with Crippen LogP contribution in [0.2, 0.25) is 0 Å². The van der Waals surface area contributed by atoms with Crippen molar-refractivity contribution in [1.29, 1.82) is 0 Å². The molecule has 1 aliphatic heterocycles. The summed E-state index contributed by atoms with van der Waals surface area (Å²) in [5.74, 6) is 0.140. The molecule has 3 rings (SSSR count). The molecule has 1 aromatic carbocycles. The first-order valence-electron chi connectivity index (χ1n) is 6.41. The summed E-state index contributed by atoms with van der Waals surface area (Å²) in [6, 6.07) is 9.95. The third-order valence-electron chi connectivity index (χ3n) is 3.45. The molecule has 1 aromatic heterocycles. The van der Waals surface area contributed by atoms with Gasteiger partial charge in [0.2, 0.25) is 5.91 Å². The lowest BCUT2D eigenvalue weighted by molar-refractivity contribution is 0.0911. The number of hydrogen-bond donors (Lipinski definition) is 1. The van der Waals surface area contributed by atoms with E-state index >= 15 is 0 Å². The highest BCUT2D eigenvalue weighted by Crippen LogP contribution is 2.17. The topological polar surface area (TPSA) is 34.0 Å². The third-order valence-corrected chi connectivity index (χ3v) is 3.95. The number of aromatic nitrogens is 1. The average molecular weight is 319 g/mol. The van der Waals surface area contributed by atoms with E-state index in [1.807, 2.05) is 41.1 Å². The zero-order chi connectivity index (χ0) is 13.2. The first kappa shape index (κ1) is 12.6. The van der Waals surface area contributed by atoms with E-state index in [1.165, 1.54) is 11.3 Å². The van der Waals surface area contributed by atoms with Gasteiger partial charge >= 0.3 is 0 Å². The van der Waals surface area contributed by atoms with Gasteiger partial charge in [-0.3, -0.25) is 9.36 Å². The summed E-state index contributed by atoms with van der Waals surface area (Å²) in [6.45, 7) is 1.81. The number of fused-ring (bicyclic) bond motifs is 1. The van der Waals surface area contributed by atoms with E-state index in [2.05, 4.69) is 21.2 Å². The summed E-state index contributed by atoms with van der Waals surface area (Å²) in [4.78, 5) is 12.4. The van der Waals surface area contributed by atoms with Crippen molar-refractivity contribution in [3.8, 4) is 0 Å². The zero-order valence-corrected chi connectivity index (χ0v) is 12.1. The first-order valence-corrected chi connectivity index (χ1v) is 7.21. The van der Waals surface area contributed by atoms with Crippen LogP contribution >= 0.6 is 15.9 Å². The highest BCUT2D eigenvalue weighted by molar-refractivity contribution is 9.10. The summed E-state index contributed by atoms with van der Waals surface area (Å²) < 4.78 is 2.83. The summed E-state index contributed by atoms with van der Waals surface area (Å²) >= 11 is 3.43. The van der Waals surface area contributed by atoms with Crippen molar-refractivity contribution in [2.75, 3.05) is 6.54 Å². The second kappa shape index (κ2) is 5.31. The van der Waals surface area contributed by atoms with E-state index in [-0.39, 0.29) is 5.91 Å². The average Bonchev–Trinajstić information content (AvgIpc) is 2.82. The van der Waals surface area contributed by atoms with Gasteiger partial charge in [-0.05, 0) is 29.3 Å². The molecule has 2 heterocycles. The van der Waals surface area contributed by atoms with Gasteiger partial charge in [-0.25, -0.2) is 0 Å². The van der Waals surface area contributed by atoms with Crippen molar-refractivity contribution in [3.63, 3.8) is 0 Å². The van der Waals surface area contributed by atoms with Crippen molar-refractivity contribution >= 4 is 21.8 Å². The predicted octanol–water partition coefficient (Wildman–Crippen LogP) is 2.78. The second-order valence-electron chi connectivity index (χ2n) is 4.78. The normalized spacial score (nSPS) is 14.2. The number of benzene rings is 1. The standard InChI is InChI=1S/C15H15BrN2O/c16-13-3-1-2-11(8-13)9-15(19)18-7-5-12-10-17-6-4-14(12)18/h1-3,5,7-8,17H,4,6,9-10H2. The van der Waals surface area contributed by atoms with E-state index in [0.717, 1.165) is 29.5 Å². The van der Waals surface area contributed by atoms with Crippen LogP contribution in [0, 0.1) is 0 Å². The lowest BCUT2D eigenvalue weighted by Gasteiger charge is -2.16. The number of carbonyl (C=O) groups is 1. The molecule has 2 aromatic rings. The molecule has 0 aliphatic carbocycles. The van der Waals surface area contributed by atoms with Gasteiger partial charge in [0.15, 0.2) is 0 Å². The Morgan fingerprint density at radius 1 is 1.37 bits per heavy atom. The lowest BCUT2D eigenvalue weighted by Crippen LogP contribution is -2.26. The van der Waals surface area contributed by atoms with E-state index in [9.17, 15) is 4.79 Å². The zero-order valence-electron chi connectivity index (χ0n) is 10.5. The van der Waals surface area contributed by atoms with Crippen molar-refractivity contribution < 1.29 is 4.79 Å². The largest absolute Gasteiger partial charge is 0.312 e. The fourth-order valence-electron chi connectivity index (χ4n) is 2.52. The van der Waals surface area contributed by atoms with Gasteiger partial charge in [-0.15, -0.1) is 0 Å². The molecule has 3 nitrogen and oxygen atoms in total. The van der Waals surface area contributed by atoms with Crippen LogP contribution in [0.5, 0.6) is 0 Å². The smallest absolute Gasteiger partial charge is 0.235 e. The number of nitrogens with one attached hydrogen (secondary N) is 1. The van der Waals surface area contributed by atoms with Crippen LogP contribution in [0.1, 0.15) is 21.6 Å². The molecule has 0 radical (unpaired) electrons. The number of rotatable bonds is 2. The maximum absolute atomic E-state index is 12.4. The molecule has 19 heavy (non-hydrogen) atoms. The Labute approximate surface area is 120 Å². The van der Waals surface area contributed by atoms with Crippen LogP contribution in [0.15, 0.2) is 41.0 Å². The monoisotopic (exact) mass is 318 g/mol. The molecule has 0 atom stereocenters. The Hall–Kier alpha value is -1.39. The Morgan fingerprint density at radius 2 is 2.26 bits per heavy atom. The second-order valence-corrected chi connectivity index (χ2v) is 5.70. The maximum atomic E-state index is 12.4. The van der Waals surface area contributed by atoms with Crippen LogP contribution < -0.4 is 5.32 Å². The number of carbonyl (C=O) groups excluding carboxylic acids is 1. The maximum Gasteiger partial charge on any atom is 0.235 e. The Morgan fingerprint density at radius 3 is 3.11 bits per heavy atom. The molecular weight excluding hydrogens is 304 g/mol. The van der Waals surface area contributed by atoms with Gasteiger partial charge in [-0.1, -0.05) is 28.1 Å². The fourth-order valence-corrected chi connectivity index (χ4v) is 2.96. The third kappa shape index (κ3) is 2.65. The van der Waals surface area contributed by atoms with Crippen LogP contribution in [0.25, 0.3) is 0 Å². The van der Waals surface area contributed by atoms with Crippen LogP contribution in [0.3, 0.4) is 0 Å². The lowest BCUT2D eigenvalue weighted by atomic mass is 10.1. The minimum atomic E-state index is 0.140. The van der Waals surface area contributed by atoms with Crippen molar-refractivity contribution in [3.05, 3.63) is 57.8 Å². The number of nitrogens with zero attached hydrogens (tertiary/aromatic N) is 1. The minimum Gasteiger partial charge on any atom is -0.312 e. The number of hydrogen-bond acceptors (Lipinski definition) is 2. The van der Waals surface area contributed by atoms with E-state index < -0.39 is 0 Å². The predicted molar refractivity (Wildman–Crippen MR) is 78.3 cm³/mol. The van der Waals surface area contributed by atoms with Gasteiger partial charge < -0.3 is 5.32 Å². The molecule has 0 amide bonds. The Balaban J connectivity index is 1.83. The first-order chi connectivity index (χ1) is 9.24. The molecular formula is C15H15BrN2O. The van der Waals surface area contributed by atoms with Gasteiger partial charge in [0.25, 0.3) is 0 Å². The van der Waals surface area contributed by atoms with Crippen LogP contribution in [-0.2, 0) is 19.4 Å². The minimum absolute atomic E-state index is 0.140. The molecule has 1 aliphatic rings. The summed E-state index contributed by atoms with van der Waals surface area (Å²) in [7, 11) is 0. The summed E-state index contributed by atoms with van der Waals surface area (Å²) in [5.41, 5.74) is 3.45. The van der Waals surface area contributed by atoms with Gasteiger partial charge in [0.05, 0.1) is 6.42 Å². The Kier molecular flexibility index (Phi) is 3.53. The van der Waals surface area contributed by atoms with E-state index in [0.29, 0.717) is 6.42 Å². The summed E-state index contributed by atoms with van der Waals surface area (Å²) in [6.07, 6.45) is 3.26. The summed E-state index contributed by atoms with van der Waals surface area (Å²) in [5, 5.41) is 3.32. The van der Waals surface area contributed by atoms with Gasteiger partial charge in [0, 0.05) is 35.9 Å². The molecule has 0 unspecified atom stereocenters. The number of halogens is 1. The molecule has 0 fully saturated rings. The highest BCUT2D eigenvalue weighted by atomic mass is 79.9. The molecule has 0 saturated carbocycles. The molecule has 4 heteroatoms. The molecule has 0 bridgehead atoms. The molecule has 1 N–H and O–H groups in total. The molecule has 98 valence electrons. The van der Waals surface area contributed by atoms with E-state index in [1.54, 1.807) is 0 Å².